The Morgan fingerprint density at radius 2 is 1.85 bits per heavy atom. The molecule has 2 saturated heterocycles. The third kappa shape index (κ3) is 3.70. The zero-order valence-corrected chi connectivity index (χ0v) is 15.6. The van der Waals surface area contributed by atoms with E-state index in [1.807, 2.05) is 54.6 Å². The molecule has 5 nitrogen and oxygen atoms in total. The van der Waals surface area contributed by atoms with Crippen LogP contribution in [-0.2, 0) is 16.0 Å². The van der Waals surface area contributed by atoms with E-state index in [1.165, 1.54) is 4.90 Å². The Bertz CT molecular complexity index is 825. The van der Waals surface area contributed by atoms with Crippen molar-refractivity contribution >= 4 is 23.6 Å². The highest BCUT2D eigenvalue weighted by Crippen LogP contribution is 2.32. The van der Waals surface area contributed by atoms with Crippen molar-refractivity contribution in [3.63, 3.8) is 0 Å². The number of hydrogen-bond donors (Lipinski definition) is 1. The van der Waals surface area contributed by atoms with Crippen LogP contribution in [0.4, 0.5) is 4.79 Å². The quantitative estimate of drug-likeness (QED) is 0.879. The molecule has 0 spiro atoms. The average molecular weight is 385 g/mol. The lowest BCUT2D eigenvalue weighted by Gasteiger charge is -2.25. The molecule has 140 valence electrons. The van der Waals surface area contributed by atoms with Gasteiger partial charge in [-0.05, 0) is 29.7 Å². The summed E-state index contributed by atoms with van der Waals surface area (Å²) >= 11 is 5.98. The van der Waals surface area contributed by atoms with Gasteiger partial charge in [0.25, 0.3) is 0 Å². The number of imide groups is 1. The van der Waals surface area contributed by atoms with Crippen molar-refractivity contribution in [2.45, 2.75) is 18.4 Å². The topological polar surface area (TPSA) is 58.6 Å². The minimum absolute atomic E-state index is 0.0144. The first-order valence-electron chi connectivity index (χ1n) is 9.13. The first-order valence-corrected chi connectivity index (χ1v) is 9.51. The number of ether oxygens (including phenoxy) is 1. The average Bonchev–Trinajstić information content (AvgIpc) is 3.30. The molecule has 27 heavy (non-hydrogen) atoms. The molecule has 0 saturated carbocycles. The molecule has 0 radical (unpaired) electrons. The van der Waals surface area contributed by atoms with Gasteiger partial charge in [0.1, 0.15) is 6.61 Å². The summed E-state index contributed by atoms with van der Waals surface area (Å²) in [5.74, 6) is -0.445. The number of amides is 2. The van der Waals surface area contributed by atoms with Gasteiger partial charge in [-0.25, -0.2) is 9.69 Å². The predicted molar refractivity (Wildman–Crippen MR) is 103 cm³/mol. The van der Waals surface area contributed by atoms with Crippen LogP contribution >= 0.6 is 11.6 Å². The summed E-state index contributed by atoms with van der Waals surface area (Å²) in [6, 6.07) is 17.2. The number of rotatable bonds is 4. The van der Waals surface area contributed by atoms with E-state index in [0.29, 0.717) is 24.5 Å². The largest absolute Gasteiger partial charge is 0.447 e. The van der Waals surface area contributed by atoms with Gasteiger partial charge < -0.3 is 10.1 Å². The van der Waals surface area contributed by atoms with Crippen LogP contribution in [0.15, 0.2) is 54.6 Å². The number of carbonyl (C=O) groups is 2. The van der Waals surface area contributed by atoms with E-state index >= 15 is 0 Å². The molecule has 2 heterocycles. The number of nitrogens with zero attached hydrogens (tertiary/aromatic N) is 1. The number of benzene rings is 2. The second-order valence-corrected chi connectivity index (χ2v) is 7.49. The fourth-order valence-electron chi connectivity index (χ4n) is 3.94. The summed E-state index contributed by atoms with van der Waals surface area (Å²) in [5, 5.41) is 3.95. The van der Waals surface area contributed by atoms with E-state index in [-0.39, 0.29) is 30.4 Å². The van der Waals surface area contributed by atoms with Crippen LogP contribution in [0, 0.1) is 5.92 Å². The van der Waals surface area contributed by atoms with Crippen molar-refractivity contribution in [1.29, 1.82) is 0 Å². The van der Waals surface area contributed by atoms with Crippen LogP contribution in [0.25, 0.3) is 0 Å². The van der Waals surface area contributed by atoms with E-state index in [2.05, 4.69) is 5.32 Å². The van der Waals surface area contributed by atoms with Crippen LogP contribution in [0.5, 0.6) is 0 Å². The number of cyclic esters (lactones) is 1. The zero-order chi connectivity index (χ0) is 18.8. The van der Waals surface area contributed by atoms with Gasteiger partial charge in [0.2, 0.25) is 5.91 Å². The standard InChI is InChI=1S/C21H21ClN2O3/c22-16-8-6-15(7-9-16)18-11-23-12-19(18)20(25)24-17(13-27-21(24)26)10-14-4-2-1-3-5-14/h1-9,17-19,23H,10-13H2/t17-,18-,19+/m0/s1. The fraction of sp³-hybridized carbons (Fsp3) is 0.333. The van der Waals surface area contributed by atoms with E-state index in [4.69, 9.17) is 16.3 Å². The van der Waals surface area contributed by atoms with Crippen LogP contribution in [-0.4, -0.2) is 42.6 Å². The molecule has 0 bridgehead atoms. The molecule has 2 aromatic rings. The van der Waals surface area contributed by atoms with Crippen molar-refractivity contribution in [3.8, 4) is 0 Å². The number of halogens is 1. The smallest absolute Gasteiger partial charge is 0.416 e. The van der Waals surface area contributed by atoms with Crippen LogP contribution in [0.1, 0.15) is 17.0 Å². The molecule has 1 N–H and O–H groups in total. The van der Waals surface area contributed by atoms with Gasteiger partial charge in [-0.3, -0.25) is 4.79 Å². The lowest BCUT2D eigenvalue weighted by atomic mass is 9.87. The Balaban J connectivity index is 1.54. The molecular weight excluding hydrogens is 364 g/mol. The maximum Gasteiger partial charge on any atom is 0.416 e. The third-order valence-electron chi connectivity index (χ3n) is 5.34. The van der Waals surface area contributed by atoms with Gasteiger partial charge >= 0.3 is 6.09 Å². The van der Waals surface area contributed by atoms with Gasteiger partial charge in [-0.1, -0.05) is 54.1 Å². The zero-order valence-electron chi connectivity index (χ0n) is 14.8. The molecule has 0 aromatic heterocycles. The van der Waals surface area contributed by atoms with E-state index < -0.39 is 6.09 Å². The molecule has 2 aromatic carbocycles. The van der Waals surface area contributed by atoms with Gasteiger partial charge in [-0.15, -0.1) is 0 Å². The maximum absolute atomic E-state index is 13.3. The molecule has 3 atom stereocenters. The molecule has 2 amide bonds. The van der Waals surface area contributed by atoms with Crippen molar-refractivity contribution < 1.29 is 14.3 Å². The summed E-state index contributed by atoms with van der Waals surface area (Å²) in [6.45, 7) is 1.49. The minimum Gasteiger partial charge on any atom is -0.447 e. The van der Waals surface area contributed by atoms with Crippen molar-refractivity contribution in [1.82, 2.24) is 10.2 Å². The van der Waals surface area contributed by atoms with Gasteiger partial charge in [0.15, 0.2) is 0 Å². The number of nitrogens with one attached hydrogen (secondary N) is 1. The molecule has 4 rings (SSSR count). The maximum atomic E-state index is 13.3. The van der Waals surface area contributed by atoms with Crippen molar-refractivity contribution in [2.75, 3.05) is 19.7 Å². The summed E-state index contributed by atoms with van der Waals surface area (Å²) in [5.41, 5.74) is 2.13. The Hall–Kier alpha value is -2.37. The van der Waals surface area contributed by atoms with Crippen LogP contribution in [0.2, 0.25) is 5.02 Å². The van der Waals surface area contributed by atoms with E-state index in [0.717, 1.165) is 11.1 Å². The normalized spacial score (nSPS) is 24.9. The summed E-state index contributed by atoms with van der Waals surface area (Å²) in [4.78, 5) is 26.9. The summed E-state index contributed by atoms with van der Waals surface area (Å²) in [7, 11) is 0. The molecule has 0 unspecified atom stereocenters. The second-order valence-electron chi connectivity index (χ2n) is 7.05. The van der Waals surface area contributed by atoms with E-state index in [9.17, 15) is 9.59 Å². The molecule has 0 aliphatic carbocycles. The van der Waals surface area contributed by atoms with Crippen molar-refractivity contribution in [3.05, 3.63) is 70.7 Å². The molecule has 2 fully saturated rings. The fourth-order valence-corrected chi connectivity index (χ4v) is 4.07. The highest BCUT2D eigenvalue weighted by Gasteiger charge is 2.44. The Labute approximate surface area is 163 Å². The van der Waals surface area contributed by atoms with Crippen LogP contribution < -0.4 is 5.32 Å². The number of hydrogen-bond acceptors (Lipinski definition) is 4. The minimum atomic E-state index is -0.539. The first-order chi connectivity index (χ1) is 13.1. The lowest BCUT2D eigenvalue weighted by molar-refractivity contribution is -0.133. The van der Waals surface area contributed by atoms with Crippen LogP contribution in [0.3, 0.4) is 0 Å². The third-order valence-corrected chi connectivity index (χ3v) is 5.59. The molecule has 6 heteroatoms. The Kier molecular flexibility index (Phi) is 5.14. The monoisotopic (exact) mass is 384 g/mol. The summed E-state index contributed by atoms with van der Waals surface area (Å²) in [6.07, 6.45) is 0.0621. The van der Waals surface area contributed by atoms with Gasteiger partial charge in [-0.2, -0.15) is 0 Å². The lowest BCUT2D eigenvalue weighted by Crippen LogP contribution is -2.45. The molecular formula is C21H21ClN2O3. The second kappa shape index (κ2) is 7.71. The Morgan fingerprint density at radius 1 is 1.11 bits per heavy atom. The number of carbonyl (C=O) groups excluding carboxylic acids is 2. The molecule has 2 aliphatic heterocycles. The highest BCUT2D eigenvalue weighted by atomic mass is 35.5. The van der Waals surface area contributed by atoms with Gasteiger partial charge in [0.05, 0.1) is 12.0 Å². The molecule has 2 aliphatic rings. The highest BCUT2D eigenvalue weighted by molar-refractivity contribution is 6.30. The van der Waals surface area contributed by atoms with Crippen molar-refractivity contribution in [2.24, 2.45) is 5.92 Å². The Morgan fingerprint density at radius 3 is 2.59 bits per heavy atom. The SMILES string of the molecule is O=C1OC[C@H](Cc2ccccc2)N1C(=O)[C@@H]1CNC[C@H]1c1ccc(Cl)cc1. The summed E-state index contributed by atoms with van der Waals surface area (Å²) < 4.78 is 5.22. The predicted octanol–water partition coefficient (Wildman–Crippen LogP) is 3.23. The van der Waals surface area contributed by atoms with Gasteiger partial charge in [0, 0.05) is 24.0 Å². The van der Waals surface area contributed by atoms with E-state index in [1.54, 1.807) is 0 Å². The first kappa shape index (κ1) is 18.0.